The molecule has 0 aliphatic rings. The maximum Gasteiger partial charge on any atom is 0.341 e. The molecule has 2 amide bonds. The van der Waals surface area contributed by atoms with Crippen LogP contribution in [0.1, 0.15) is 41.0 Å². The summed E-state index contributed by atoms with van der Waals surface area (Å²) < 4.78 is 5.29. The van der Waals surface area contributed by atoms with Crippen molar-refractivity contribution in [1.82, 2.24) is 0 Å². The number of hydrogen-bond acceptors (Lipinski definition) is 8. The smallest absolute Gasteiger partial charge is 0.341 e. The molecule has 0 aliphatic carbocycles. The van der Waals surface area contributed by atoms with Gasteiger partial charge >= 0.3 is 5.97 Å². The van der Waals surface area contributed by atoms with E-state index >= 15 is 0 Å². The van der Waals surface area contributed by atoms with Gasteiger partial charge < -0.3 is 15.4 Å². The Kier molecular flexibility index (Phi) is 9.88. The van der Waals surface area contributed by atoms with Crippen LogP contribution >= 0.6 is 23.1 Å². The Labute approximate surface area is 245 Å². The molecule has 0 saturated carbocycles. The molecule has 210 valence electrons. The summed E-state index contributed by atoms with van der Waals surface area (Å²) in [6.45, 7) is 3.84. The van der Waals surface area contributed by atoms with E-state index in [1.807, 2.05) is 48.7 Å². The number of nitro groups is 1. The standard InChI is InChI=1S/C30H27N3O6S2/c1-3-25(28(35)32-29-26(30(36)39-4-2)24(18-40-29)19-9-6-5-7-10-19)41-23-12-8-11-21(17-23)31-27(34)20-13-15-22(16-14-20)33(37)38/h5-18,25H,3-4H2,1-2H3,(H,31,34)(H,32,35). The molecule has 1 unspecified atom stereocenters. The zero-order valence-electron chi connectivity index (χ0n) is 22.3. The van der Waals surface area contributed by atoms with Crippen molar-refractivity contribution < 1.29 is 24.0 Å². The van der Waals surface area contributed by atoms with Gasteiger partial charge in [0.25, 0.3) is 11.6 Å². The first-order valence-corrected chi connectivity index (χ1v) is 14.5. The van der Waals surface area contributed by atoms with E-state index in [-0.39, 0.29) is 23.8 Å². The summed E-state index contributed by atoms with van der Waals surface area (Å²) in [4.78, 5) is 50.0. The number of thioether (sulfide) groups is 1. The summed E-state index contributed by atoms with van der Waals surface area (Å²) >= 11 is 2.61. The Balaban J connectivity index is 1.48. The van der Waals surface area contributed by atoms with Crippen molar-refractivity contribution in [3.8, 4) is 11.1 Å². The Bertz CT molecular complexity index is 1550. The van der Waals surface area contributed by atoms with Crippen LogP contribution in [0.2, 0.25) is 0 Å². The van der Waals surface area contributed by atoms with Crippen LogP contribution < -0.4 is 10.6 Å². The molecule has 11 heteroatoms. The Hall–Kier alpha value is -4.48. The van der Waals surface area contributed by atoms with Gasteiger partial charge in [0, 0.05) is 39.2 Å². The molecule has 3 aromatic carbocycles. The number of hydrogen-bond donors (Lipinski definition) is 2. The highest BCUT2D eigenvalue weighted by molar-refractivity contribution is 8.00. The predicted octanol–water partition coefficient (Wildman–Crippen LogP) is 7.26. The van der Waals surface area contributed by atoms with Crippen LogP contribution in [0.3, 0.4) is 0 Å². The van der Waals surface area contributed by atoms with Crippen LogP contribution in [0.15, 0.2) is 89.1 Å². The number of benzene rings is 3. The van der Waals surface area contributed by atoms with Crippen LogP contribution in [-0.2, 0) is 9.53 Å². The molecule has 0 spiro atoms. The maximum absolute atomic E-state index is 13.4. The molecule has 0 radical (unpaired) electrons. The number of carbonyl (C=O) groups excluding carboxylic acids is 3. The van der Waals surface area contributed by atoms with E-state index in [1.165, 1.54) is 47.4 Å². The molecule has 4 rings (SSSR count). The van der Waals surface area contributed by atoms with Crippen molar-refractivity contribution >= 4 is 57.3 Å². The molecule has 1 heterocycles. The average molecular weight is 590 g/mol. The lowest BCUT2D eigenvalue weighted by Gasteiger charge is -2.16. The van der Waals surface area contributed by atoms with E-state index in [2.05, 4.69) is 10.6 Å². The fraction of sp³-hybridized carbons (Fsp3) is 0.167. The number of carbonyl (C=O) groups is 3. The van der Waals surface area contributed by atoms with Gasteiger partial charge in [-0.2, -0.15) is 0 Å². The summed E-state index contributed by atoms with van der Waals surface area (Å²) in [5.74, 6) is -1.17. The molecule has 0 aliphatic heterocycles. The fourth-order valence-corrected chi connectivity index (χ4v) is 5.92. The minimum absolute atomic E-state index is 0.1000. The van der Waals surface area contributed by atoms with Crippen molar-refractivity contribution in [2.45, 2.75) is 30.4 Å². The lowest BCUT2D eigenvalue weighted by atomic mass is 10.0. The molecule has 41 heavy (non-hydrogen) atoms. The van der Waals surface area contributed by atoms with E-state index in [0.717, 1.165) is 10.5 Å². The highest BCUT2D eigenvalue weighted by Gasteiger charge is 2.25. The van der Waals surface area contributed by atoms with Gasteiger partial charge in [-0.1, -0.05) is 43.3 Å². The summed E-state index contributed by atoms with van der Waals surface area (Å²) in [5, 5.41) is 18.4. The first-order valence-electron chi connectivity index (χ1n) is 12.8. The number of rotatable bonds is 11. The molecule has 0 bridgehead atoms. The van der Waals surface area contributed by atoms with Gasteiger partial charge in [-0.25, -0.2) is 4.79 Å². The van der Waals surface area contributed by atoms with Gasteiger partial charge in [-0.05, 0) is 49.2 Å². The predicted molar refractivity (Wildman–Crippen MR) is 162 cm³/mol. The Morgan fingerprint density at radius 2 is 1.71 bits per heavy atom. The highest BCUT2D eigenvalue weighted by atomic mass is 32.2. The quantitative estimate of drug-likeness (QED) is 0.0815. The molecule has 9 nitrogen and oxygen atoms in total. The number of nitro benzene ring substituents is 1. The van der Waals surface area contributed by atoms with Crippen molar-refractivity contribution in [2.24, 2.45) is 0 Å². The molecule has 0 fully saturated rings. The average Bonchev–Trinajstić information content (AvgIpc) is 3.40. The Morgan fingerprint density at radius 1 is 0.976 bits per heavy atom. The van der Waals surface area contributed by atoms with Gasteiger partial charge in [0.1, 0.15) is 10.6 Å². The maximum atomic E-state index is 13.4. The Morgan fingerprint density at radius 3 is 2.37 bits per heavy atom. The second-order valence-electron chi connectivity index (χ2n) is 8.73. The van der Waals surface area contributed by atoms with E-state index < -0.39 is 22.0 Å². The molecule has 1 atom stereocenters. The van der Waals surface area contributed by atoms with Gasteiger partial charge in [0.15, 0.2) is 0 Å². The second kappa shape index (κ2) is 13.7. The second-order valence-corrected chi connectivity index (χ2v) is 10.9. The number of nitrogens with one attached hydrogen (secondary N) is 2. The summed E-state index contributed by atoms with van der Waals surface area (Å²) in [6, 6.07) is 21.9. The fourth-order valence-electron chi connectivity index (χ4n) is 3.95. The molecule has 2 N–H and O–H groups in total. The van der Waals surface area contributed by atoms with Crippen LogP contribution in [0.25, 0.3) is 11.1 Å². The van der Waals surface area contributed by atoms with Crippen LogP contribution in [0.4, 0.5) is 16.4 Å². The number of amides is 2. The zero-order valence-corrected chi connectivity index (χ0v) is 23.9. The monoisotopic (exact) mass is 589 g/mol. The minimum Gasteiger partial charge on any atom is -0.462 e. The van der Waals surface area contributed by atoms with Gasteiger partial charge in [-0.3, -0.25) is 19.7 Å². The first kappa shape index (κ1) is 29.5. The molecule has 0 saturated heterocycles. The number of esters is 1. The van der Waals surface area contributed by atoms with E-state index in [4.69, 9.17) is 4.74 Å². The molecular formula is C30H27N3O6S2. The molecule has 4 aromatic rings. The van der Waals surface area contributed by atoms with E-state index in [1.54, 1.807) is 25.1 Å². The highest BCUT2D eigenvalue weighted by Crippen LogP contribution is 2.37. The summed E-state index contributed by atoms with van der Waals surface area (Å²) in [5.41, 5.74) is 2.57. The summed E-state index contributed by atoms with van der Waals surface area (Å²) in [7, 11) is 0. The van der Waals surface area contributed by atoms with Gasteiger partial charge in [-0.15, -0.1) is 23.1 Å². The van der Waals surface area contributed by atoms with Crippen LogP contribution in [0, 0.1) is 10.1 Å². The SMILES string of the molecule is CCOC(=O)c1c(-c2ccccc2)csc1NC(=O)C(CC)Sc1cccc(NC(=O)c2ccc([N+](=O)[O-])cc2)c1. The third-order valence-corrected chi connectivity index (χ3v) is 8.22. The van der Waals surface area contributed by atoms with Crippen molar-refractivity contribution in [3.63, 3.8) is 0 Å². The lowest BCUT2D eigenvalue weighted by Crippen LogP contribution is -2.25. The molecular weight excluding hydrogens is 562 g/mol. The van der Waals surface area contributed by atoms with Crippen molar-refractivity contribution in [2.75, 3.05) is 17.2 Å². The summed E-state index contributed by atoms with van der Waals surface area (Å²) in [6.07, 6.45) is 0.515. The lowest BCUT2D eigenvalue weighted by molar-refractivity contribution is -0.384. The van der Waals surface area contributed by atoms with Crippen molar-refractivity contribution in [1.29, 1.82) is 0 Å². The third kappa shape index (κ3) is 7.38. The number of thiophene rings is 1. The zero-order chi connectivity index (χ0) is 29.4. The largest absolute Gasteiger partial charge is 0.462 e. The van der Waals surface area contributed by atoms with E-state index in [9.17, 15) is 24.5 Å². The van der Waals surface area contributed by atoms with Gasteiger partial charge in [0.2, 0.25) is 5.91 Å². The number of anilines is 2. The number of nitrogens with zero attached hydrogens (tertiary/aromatic N) is 1. The van der Waals surface area contributed by atoms with E-state index in [0.29, 0.717) is 28.2 Å². The number of non-ortho nitro benzene ring substituents is 1. The van der Waals surface area contributed by atoms with Crippen molar-refractivity contribution in [3.05, 3.63) is 105 Å². The number of ether oxygens (including phenoxy) is 1. The van der Waals surface area contributed by atoms with Crippen LogP contribution in [-0.4, -0.2) is 34.6 Å². The topological polar surface area (TPSA) is 128 Å². The first-order chi connectivity index (χ1) is 19.8. The minimum atomic E-state index is -0.527. The third-order valence-electron chi connectivity index (χ3n) is 5.97. The normalized spacial score (nSPS) is 11.4. The van der Waals surface area contributed by atoms with Crippen LogP contribution in [0.5, 0.6) is 0 Å². The molecule has 1 aromatic heterocycles. The van der Waals surface area contributed by atoms with Gasteiger partial charge in [0.05, 0.1) is 16.8 Å².